The fourth-order valence-electron chi connectivity index (χ4n) is 1.78. The molecule has 0 aliphatic carbocycles. The standard InChI is InChI=1S/C7H14N2O/c1-5-6-4-10-3-2-7(6)9-8-5/h5-9H,2-4H2,1H3. The van der Waals surface area contributed by atoms with Crippen molar-refractivity contribution in [2.24, 2.45) is 5.92 Å². The zero-order chi connectivity index (χ0) is 6.97. The topological polar surface area (TPSA) is 33.3 Å². The normalized spacial score (nSPS) is 47.1. The van der Waals surface area contributed by atoms with E-state index in [4.69, 9.17) is 4.74 Å². The van der Waals surface area contributed by atoms with E-state index in [2.05, 4.69) is 17.8 Å². The fraction of sp³-hybridized carbons (Fsp3) is 1.00. The van der Waals surface area contributed by atoms with Crippen molar-refractivity contribution in [2.75, 3.05) is 13.2 Å². The molecule has 0 spiro atoms. The van der Waals surface area contributed by atoms with Gasteiger partial charge in [-0.25, -0.2) is 0 Å². The minimum absolute atomic E-state index is 0.574. The average molecular weight is 142 g/mol. The van der Waals surface area contributed by atoms with Crippen molar-refractivity contribution in [3.8, 4) is 0 Å². The maximum absolute atomic E-state index is 5.37. The van der Waals surface area contributed by atoms with Crippen LogP contribution in [0.3, 0.4) is 0 Å². The Morgan fingerprint density at radius 1 is 1.40 bits per heavy atom. The molecule has 2 N–H and O–H groups in total. The second-order valence-corrected chi connectivity index (χ2v) is 3.21. The molecule has 0 aromatic heterocycles. The summed E-state index contributed by atoms with van der Waals surface area (Å²) < 4.78 is 5.37. The molecule has 3 atom stereocenters. The van der Waals surface area contributed by atoms with Crippen LogP contribution >= 0.6 is 0 Å². The lowest BCUT2D eigenvalue weighted by atomic mass is 9.93. The van der Waals surface area contributed by atoms with Crippen LogP contribution in [0.2, 0.25) is 0 Å². The quantitative estimate of drug-likeness (QED) is 0.495. The summed E-state index contributed by atoms with van der Waals surface area (Å²) in [5.41, 5.74) is 6.51. The average Bonchev–Trinajstić information content (AvgIpc) is 2.34. The Labute approximate surface area is 61.1 Å². The fourth-order valence-corrected chi connectivity index (χ4v) is 1.78. The van der Waals surface area contributed by atoms with Gasteiger partial charge in [0.25, 0.3) is 0 Å². The third-order valence-corrected chi connectivity index (χ3v) is 2.54. The molecule has 0 radical (unpaired) electrons. The van der Waals surface area contributed by atoms with E-state index in [9.17, 15) is 0 Å². The Kier molecular flexibility index (Phi) is 1.64. The highest BCUT2D eigenvalue weighted by Crippen LogP contribution is 2.21. The number of hydrazine groups is 1. The van der Waals surface area contributed by atoms with E-state index in [0.29, 0.717) is 18.0 Å². The first-order chi connectivity index (χ1) is 4.88. The van der Waals surface area contributed by atoms with Gasteiger partial charge in [0.2, 0.25) is 0 Å². The van der Waals surface area contributed by atoms with Crippen LogP contribution in [0.4, 0.5) is 0 Å². The van der Waals surface area contributed by atoms with Gasteiger partial charge in [-0.1, -0.05) is 0 Å². The van der Waals surface area contributed by atoms with Crippen molar-refractivity contribution >= 4 is 0 Å². The molecule has 2 fully saturated rings. The molecular formula is C7H14N2O. The number of hydrogen-bond donors (Lipinski definition) is 2. The van der Waals surface area contributed by atoms with E-state index in [1.165, 1.54) is 0 Å². The molecule has 3 unspecified atom stereocenters. The molecular weight excluding hydrogens is 128 g/mol. The Hall–Kier alpha value is -0.120. The zero-order valence-electron chi connectivity index (χ0n) is 6.26. The van der Waals surface area contributed by atoms with E-state index in [-0.39, 0.29) is 0 Å². The molecule has 3 heteroatoms. The molecule has 2 heterocycles. The summed E-state index contributed by atoms with van der Waals surface area (Å²) in [7, 11) is 0. The van der Waals surface area contributed by atoms with E-state index >= 15 is 0 Å². The van der Waals surface area contributed by atoms with Crippen molar-refractivity contribution in [1.82, 2.24) is 10.9 Å². The van der Waals surface area contributed by atoms with Crippen LogP contribution in [0.25, 0.3) is 0 Å². The number of ether oxygens (including phenoxy) is 1. The molecule has 0 aromatic carbocycles. The summed E-state index contributed by atoms with van der Waals surface area (Å²) in [6, 6.07) is 1.23. The van der Waals surface area contributed by atoms with Gasteiger partial charge >= 0.3 is 0 Å². The van der Waals surface area contributed by atoms with Crippen LogP contribution in [0, 0.1) is 5.92 Å². The first kappa shape index (κ1) is 6.58. The number of hydrogen-bond acceptors (Lipinski definition) is 3. The largest absolute Gasteiger partial charge is 0.381 e. The summed E-state index contributed by atoms with van der Waals surface area (Å²) in [4.78, 5) is 0. The molecule has 0 bridgehead atoms. The summed E-state index contributed by atoms with van der Waals surface area (Å²) in [6.45, 7) is 4.04. The minimum Gasteiger partial charge on any atom is -0.381 e. The van der Waals surface area contributed by atoms with Gasteiger partial charge in [0.15, 0.2) is 0 Å². The summed E-state index contributed by atoms with van der Waals surface area (Å²) in [5.74, 6) is 0.689. The van der Waals surface area contributed by atoms with Crippen molar-refractivity contribution in [3.63, 3.8) is 0 Å². The van der Waals surface area contributed by atoms with Crippen LogP contribution in [0.15, 0.2) is 0 Å². The third kappa shape index (κ3) is 0.944. The Bertz CT molecular complexity index is 127. The van der Waals surface area contributed by atoms with Crippen molar-refractivity contribution < 1.29 is 4.74 Å². The molecule has 0 saturated carbocycles. The van der Waals surface area contributed by atoms with Crippen LogP contribution in [-0.4, -0.2) is 25.3 Å². The first-order valence-corrected chi connectivity index (χ1v) is 3.97. The van der Waals surface area contributed by atoms with Crippen LogP contribution < -0.4 is 10.9 Å². The maximum atomic E-state index is 5.37. The van der Waals surface area contributed by atoms with E-state index < -0.39 is 0 Å². The van der Waals surface area contributed by atoms with Gasteiger partial charge in [0, 0.05) is 24.6 Å². The smallest absolute Gasteiger partial charge is 0.0525 e. The molecule has 10 heavy (non-hydrogen) atoms. The highest BCUT2D eigenvalue weighted by atomic mass is 16.5. The van der Waals surface area contributed by atoms with Gasteiger partial charge in [0.1, 0.15) is 0 Å². The SMILES string of the molecule is CC1NNC2CCOCC12. The maximum Gasteiger partial charge on any atom is 0.0525 e. The van der Waals surface area contributed by atoms with Crippen LogP contribution in [0.5, 0.6) is 0 Å². The lowest BCUT2D eigenvalue weighted by Crippen LogP contribution is -2.37. The number of rotatable bonds is 0. The van der Waals surface area contributed by atoms with Gasteiger partial charge in [-0.3, -0.25) is 10.9 Å². The molecule has 2 rings (SSSR count). The molecule has 0 amide bonds. The van der Waals surface area contributed by atoms with Gasteiger partial charge < -0.3 is 4.74 Å². The van der Waals surface area contributed by atoms with Gasteiger partial charge in [0.05, 0.1) is 6.61 Å². The minimum atomic E-state index is 0.574. The van der Waals surface area contributed by atoms with E-state index in [1.54, 1.807) is 0 Å². The highest BCUT2D eigenvalue weighted by Gasteiger charge is 2.34. The van der Waals surface area contributed by atoms with Crippen molar-refractivity contribution in [1.29, 1.82) is 0 Å². The van der Waals surface area contributed by atoms with Crippen LogP contribution in [-0.2, 0) is 4.74 Å². The van der Waals surface area contributed by atoms with Crippen molar-refractivity contribution in [2.45, 2.75) is 25.4 Å². The molecule has 2 aliphatic rings. The predicted molar refractivity (Wildman–Crippen MR) is 38.4 cm³/mol. The monoisotopic (exact) mass is 142 g/mol. The Balaban J connectivity index is 2.01. The summed E-state index contributed by atoms with van der Waals surface area (Å²) in [6.07, 6.45) is 1.15. The Morgan fingerprint density at radius 2 is 2.30 bits per heavy atom. The van der Waals surface area contributed by atoms with Crippen molar-refractivity contribution in [3.05, 3.63) is 0 Å². The zero-order valence-corrected chi connectivity index (χ0v) is 6.26. The van der Waals surface area contributed by atoms with Crippen LogP contribution in [0.1, 0.15) is 13.3 Å². The van der Waals surface area contributed by atoms with Gasteiger partial charge in [-0.2, -0.15) is 0 Å². The summed E-state index contributed by atoms with van der Waals surface area (Å²) in [5, 5.41) is 0. The predicted octanol–water partition coefficient (Wildman–Crippen LogP) is -0.112. The second-order valence-electron chi connectivity index (χ2n) is 3.21. The lowest BCUT2D eigenvalue weighted by molar-refractivity contribution is 0.0442. The molecule has 2 aliphatic heterocycles. The first-order valence-electron chi connectivity index (χ1n) is 3.97. The highest BCUT2D eigenvalue weighted by molar-refractivity contribution is 4.90. The second kappa shape index (κ2) is 2.49. The number of fused-ring (bicyclic) bond motifs is 1. The van der Waals surface area contributed by atoms with Gasteiger partial charge in [-0.15, -0.1) is 0 Å². The van der Waals surface area contributed by atoms with E-state index in [0.717, 1.165) is 19.6 Å². The molecule has 0 aromatic rings. The summed E-state index contributed by atoms with van der Waals surface area (Å²) >= 11 is 0. The molecule has 3 nitrogen and oxygen atoms in total. The molecule has 2 saturated heterocycles. The lowest BCUT2D eigenvalue weighted by Gasteiger charge is -2.25. The Morgan fingerprint density at radius 3 is 3.10 bits per heavy atom. The number of nitrogens with one attached hydrogen (secondary N) is 2. The third-order valence-electron chi connectivity index (χ3n) is 2.54. The molecule has 58 valence electrons. The van der Waals surface area contributed by atoms with Gasteiger partial charge in [-0.05, 0) is 13.3 Å². The van der Waals surface area contributed by atoms with E-state index in [1.807, 2.05) is 0 Å².